The summed E-state index contributed by atoms with van der Waals surface area (Å²) in [7, 11) is 3.88. The Labute approximate surface area is 121 Å². The van der Waals surface area contributed by atoms with Crippen molar-refractivity contribution in [3.63, 3.8) is 0 Å². The minimum Gasteiger partial charge on any atom is -0.384 e. The van der Waals surface area contributed by atoms with Gasteiger partial charge in [0.05, 0.1) is 6.61 Å². The molecule has 1 aliphatic heterocycles. The predicted octanol–water partition coefficient (Wildman–Crippen LogP) is 2.27. The lowest BCUT2D eigenvalue weighted by molar-refractivity contribution is 0.0269. The molecule has 0 aromatic heterocycles. The van der Waals surface area contributed by atoms with Crippen LogP contribution in [0.3, 0.4) is 0 Å². The average Bonchev–Trinajstić information content (AvgIpc) is 2.39. The van der Waals surface area contributed by atoms with E-state index in [4.69, 9.17) is 4.74 Å². The summed E-state index contributed by atoms with van der Waals surface area (Å²) in [6.07, 6.45) is 2.27. The standard InChI is InChI=1S/C16H25FN2O/c1-19(11-14-4-3-5-15(17)10-14)12-16(13-20-2)6-8-18-9-7-16/h3-5,10,18H,6-9,11-13H2,1-2H3. The summed E-state index contributed by atoms with van der Waals surface area (Å²) >= 11 is 0. The fourth-order valence-corrected chi connectivity index (χ4v) is 3.19. The van der Waals surface area contributed by atoms with Crippen LogP contribution in [0.2, 0.25) is 0 Å². The number of hydrogen-bond donors (Lipinski definition) is 1. The molecule has 20 heavy (non-hydrogen) atoms. The molecule has 0 aliphatic carbocycles. The van der Waals surface area contributed by atoms with Gasteiger partial charge in [0, 0.05) is 25.6 Å². The number of nitrogens with zero attached hydrogens (tertiary/aromatic N) is 1. The van der Waals surface area contributed by atoms with Crippen LogP contribution >= 0.6 is 0 Å². The second kappa shape index (κ2) is 7.16. The van der Waals surface area contributed by atoms with Crippen LogP contribution in [0.5, 0.6) is 0 Å². The first-order valence-corrected chi connectivity index (χ1v) is 7.26. The molecule has 0 unspecified atom stereocenters. The summed E-state index contributed by atoms with van der Waals surface area (Å²) in [5, 5.41) is 3.40. The zero-order chi connectivity index (χ0) is 14.4. The second-order valence-electron chi connectivity index (χ2n) is 5.99. The molecule has 0 saturated carbocycles. The number of ether oxygens (including phenoxy) is 1. The first kappa shape index (κ1) is 15.4. The zero-order valence-corrected chi connectivity index (χ0v) is 12.5. The van der Waals surface area contributed by atoms with Crippen molar-refractivity contribution in [2.24, 2.45) is 5.41 Å². The van der Waals surface area contributed by atoms with Crippen LogP contribution in [-0.2, 0) is 11.3 Å². The Morgan fingerprint density at radius 3 is 2.75 bits per heavy atom. The number of halogens is 1. The van der Waals surface area contributed by atoms with Gasteiger partial charge in [-0.15, -0.1) is 0 Å². The van der Waals surface area contributed by atoms with Crippen LogP contribution in [0, 0.1) is 11.2 Å². The summed E-state index contributed by atoms with van der Waals surface area (Å²) in [4.78, 5) is 2.28. The first-order valence-electron chi connectivity index (χ1n) is 7.26. The summed E-state index contributed by atoms with van der Waals surface area (Å²) in [6.45, 7) is 4.66. The minimum atomic E-state index is -0.163. The fraction of sp³-hybridized carbons (Fsp3) is 0.625. The molecule has 1 fully saturated rings. The van der Waals surface area contributed by atoms with Crippen LogP contribution in [0.4, 0.5) is 4.39 Å². The van der Waals surface area contributed by atoms with Crippen LogP contribution < -0.4 is 5.32 Å². The molecule has 0 bridgehead atoms. The third-order valence-electron chi connectivity index (χ3n) is 4.06. The van der Waals surface area contributed by atoms with Gasteiger partial charge >= 0.3 is 0 Å². The summed E-state index contributed by atoms with van der Waals surface area (Å²) in [5.41, 5.74) is 1.25. The van der Waals surface area contributed by atoms with E-state index in [1.54, 1.807) is 19.2 Å². The predicted molar refractivity (Wildman–Crippen MR) is 79.1 cm³/mol. The van der Waals surface area contributed by atoms with Crippen molar-refractivity contribution in [1.29, 1.82) is 0 Å². The van der Waals surface area contributed by atoms with Crippen molar-refractivity contribution < 1.29 is 9.13 Å². The van der Waals surface area contributed by atoms with Crippen molar-refractivity contribution in [3.8, 4) is 0 Å². The fourth-order valence-electron chi connectivity index (χ4n) is 3.19. The van der Waals surface area contributed by atoms with Crippen molar-refractivity contribution >= 4 is 0 Å². The van der Waals surface area contributed by atoms with E-state index in [1.165, 1.54) is 6.07 Å². The van der Waals surface area contributed by atoms with E-state index in [9.17, 15) is 4.39 Å². The van der Waals surface area contributed by atoms with Crippen molar-refractivity contribution in [2.45, 2.75) is 19.4 Å². The third kappa shape index (κ3) is 4.27. The van der Waals surface area contributed by atoms with Gasteiger partial charge in [-0.05, 0) is 50.7 Å². The van der Waals surface area contributed by atoms with Gasteiger partial charge in [-0.25, -0.2) is 4.39 Å². The van der Waals surface area contributed by atoms with Crippen LogP contribution in [0.1, 0.15) is 18.4 Å². The molecule has 0 radical (unpaired) electrons. The lowest BCUT2D eigenvalue weighted by Crippen LogP contribution is -2.46. The summed E-state index contributed by atoms with van der Waals surface area (Å²) < 4.78 is 18.7. The molecule has 0 amide bonds. The summed E-state index contributed by atoms with van der Waals surface area (Å²) in [6, 6.07) is 6.85. The summed E-state index contributed by atoms with van der Waals surface area (Å²) in [5.74, 6) is -0.163. The molecule has 112 valence electrons. The molecule has 1 heterocycles. The Balaban J connectivity index is 1.95. The Hall–Kier alpha value is -0.970. The van der Waals surface area contributed by atoms with Crippen molar-refractivity contribution in [3.05, 3.63) is 35.6 Å². The van der Waals surface area contributed by atoms with E-state index in [0.29, 0.717) is 0 Å². The van der Waals surface area contributed by atoms with Gasteiger partial charge < -0.3 is 15.0 Å². The Bertz CT molecular complexity index is 413. The average molecular weight is 280 g/mol. The topological polar surface area (TPSA) is 24.5 Å². The smallest absolute Gasteiger partial charge is 0.123 e. The van der Waals surface area contributed by atoms with Crippen molar-refractivity contribution in [1.82, 2.24) is 10.2 Å². The SMILES string of the molecule is COCC1(CN(C)Cc2cccc(F)c2)CCNCC1. The number of benzene rings is 1. The monoisotopic (exact) mass is 280 g/mol. The third-order valence-corrected chi connectivity index (χ3v) is 4.06. The molecule has 3 nitrogen and oxygen atoms in total. The maximum Gasteiger partial charge on any atom is 0.123 e. The van der Waals surface area contributed by atoms with Gasteiger partial charge in [0.25, 0.3) is 0 Å². The lowest BCUT2D eigenvalue weighted by Gasteiger charge is -2.40. The van der Waals surface area contributed by atoms with E-state index in [-0.39, 0.29) is 11.2 Å². The molecular formula is C16H25FN2O. The lowest BCUT2D eigenvalue weighted by atomic mass is 9.79. The number of hydrogen-bond acceptors (Lipinski definition) is 3. The molecule has 1 aromatic rings. The number of nitrogens with one attached hydrogen (secondary N) is 1. The maximum absolute atomic E-state index is 13.2. The molecule has 0 atom stereocenters. The number of piperidine rings is 1. The van der Waals surface area contributed by atoms with E-state index < -0.39 is 0 Å². The highest BCUT2D eigenvalue weighted by molar-refractivity contribution is 5.16. The van der Waals surface area contributed by atoms with Crippen molar-refractivity contribution in [2.75, 3.05) is 40.4 Å². The van der Waals surface area contributed by atoms with Gasteiger partial charge in [-0.1, -0.05) is 12.1 Å². The van der Waals surface area contributed by atoms with Gasteiger partial charge in [0.1, 0.15) is 5.82 Å². The largest absolute Gasteiger partial charge is 0.384 e. The highest BCUT2D eigenvalue weighted by Crippen LogP contribution is 2.30. The molecule has 1 aliphatic rings. The highest BCUT2D eigenvalue weighted by Gasteiger charge is 2.33. The van der Waals surface area contributed by atoms with Gasteiger partial charge in [-0.3, -0.25) is 0 Å². The maximum atomic E-state index is 13.2. The zero-order valence-electron chi connectivity index (χ0n) is 12.5. The molecule has 1 N–H and O–H groups in total. The Morgan fingerprint density at radius 2 is 2.10 bits per heavy atom. The first-order chi connectivity index (χ1) is 9.63. The van der Waals surface area contributed by atoms with E-state index in [2.05, 4.69) is 17.3 Å². The molecule has 0 spiro atoms. The van der Waals surface area contributed by atoms with Crippen LogP contribution in [0.25, 0.3) is 0 Å². The van der Waals surface area contributed by atoms with Crippen LogP contribution in [0.15, 0.2) is 24.3 Å². The Morgan fingerprint density at radius 1 is 1.35 bits per heavy atom. The normalized spacial score (nSPS) is 18.4. The number of rotatable bonds is 6. The molecule has 1 saturated heterocycles. The van der Waals surface area contributed by atoms with E-state index >= 15 is 0 Å². The molecular weight excluding hydrogens is 255 g/mol. The minimum absolute atomic E-state index is 0.163. The van der Waals surface area contributed by atoms with Gasteiger partial charge in [0.2, 0.25) is 0 Å². The van der Waals surface area contributed by atoms with E-state index in [0.717, 1.165) is 51.2 Å². The molecule has 4 heteroatoms. The highest BCUT2D eigenvalue weighted by atomic mass is 19.1. The van der Waals surface area contributed by atoms with Gasteiger partial charge in [0.15, 0.2) is 0 Å². The van der Waals surface area contributed by atoms with Gasteiger partial charge in [-0.2, -0.15) is 0 Å². The molecule has 1 aromatic carbocycles. The molecule has 2 rings (SSSR count). The van der Waals surface area contributed by atoms with E-state index in [1.807, 2.05) is 6.07 Å². The number of methoxy groups -OCH3 is 1. The Kier molecular flexibility index (Phi) is 5.52. The second-order valence-corrected chi connectivity index (χ2v) is 5.99. The quantitative estimate of drug-likeness (QED) is 0.865. The van der Waals surface area contributed by atoms with Crippen LogP contribution in [-0.4, -0.2) is 45.3 Å².